The molecule has 1 atom stereocenters. The fourth-order valence-corrected chi connectivity index (χ4v) is 3.83. The van der Waals surface area contributed by atoms with E-state index in [9.17, 15) is 0 Å². The first kappa shape index (κ1) is 19.2. The van der Waals surface area contributed by atoms with Crippen molar-refractivity contribution in [2.45, 2.75) is 20.0 Å². The molecular formula is C23H25ClN3O. The molecule has 145 valence electrons. The van der Waals surface area contributed by atoms with E-state index in [4.69, 9.17) is 16.3 Å². The van der Waals surface area contributed by atoms with Gasteiger partial charge >= 0.3 is 0 Å². The monoisotopic (exact) mass is 394 g/mol. The van der Waals surface area contributed by atoms with Gasteiger partial charge in [0.1, 0.15) is 0 Å². The molecule has 1 aromatic heterocycles. The number of hydrogen-bond acceptors (Lipinski definition) is 3. The predicted octanol–water partition coefficient (Wildman–Crippen LogP) is 5.38. The first-order valence-corrected chi connectivity index (χ1v) is 10.0. The summed E-state index contributed by atoms with van der Waals surface area (Å²) in [5, 5.41) is 8.29. The third kappa shape index (κ3) is 4.46. The highest BCUT2D eigenvalue weighted by molar-refractivity contribution is 6.30. The van der Waals surface area contributed by atoms with Gasteiger partial charge in [-0.15, -0.1) is 0 Å². The van der Waals surface area contributed by atoms with Gasteiger partial charge < -0.3 is 4.74 Å². The Hall–Kier alpha value is -2.14. The fourth-order valence-electron chi connectivity index (χ4n) is 3.64. The molecule has 0 bridgehead atoms. The maximum atomic E-state index is 6.10. The summed E-state index contributed by atoms with van der Waals surface area (Å²) < 4.78 is 6.01. The normalized spacial score (nSPS) is 17.9. The topological polar surface area (TPSA) is 41.1 Å². The first-order valence-electron chi connectivity index (χ1n) is 9.63. The smallest absolute Gasteiger partial charge is 0.0952 e. The number of H-pyrrole nitrogens is 1. The Morgan fingerprint density at radius 3 is 2.71 bits per heavy atom. The number of nitrogens with zero attached hydrogens (tertiary/aromatic N) is 2. The maximum Gasteiger partial charge on any atom is 0.0952 e. The van der Waals surface area contributed by atoms with Crippen molar-refractivity contribution in [2.24, 2.45) is 0 Å². The first-order chi connectivity index (χ1) is 13.6. The van der Waals surface area contributed by atoms with E-state index in [0.717, 1.165) is 53.8 Å². The number of aromatic amines is 1. The summed E-state index contributed by atoms with van der Waals surface area (Å²) in [5.41, 5.74) is 5.20. The van der Waals surface area contributed by atoms with E-state index in [1.807, 2.05) is 24.3 Å². The van der Waals surface area contributed by atoms with E-state index in [2.05, 4.69) is 59.3 Å². The van der Waals surface area contributed by atoms with Crippen LogP contribution in [0.4, 0.5) is 0 Å². The van der Waals surface area contributed by atoms with Gasteiger partial charge in [-0.3, -0.25) is 10.00 Å². The number of hydrogen-bond donors (Lipinski definition) is 1. The summed E-state index contributed by atoms with van der Waals surface area (Å²) in [6, 6.07) is 18.4. The summed E-state index contributed by atoms with van der Waals surface area (Å²) in [7, 11) is 0. The molecule has 1 aliphatic heterocycles. The van der Waals surface area contributed by atoms with E-state index in [0.29, 0.717) is 0 Å². The minimum absolute atomic E-state index is 0.128. The van der Waals surface area contributed by atoms with Crippen LogP contribution in [0.3, 0.4) is 0 Å². The molecule has 1 aliphatic rings. The van der Waals surface area contributed by atoms with Crippen molar-refractivity contribution >= 4 is 11.6 Å². The number of benzene rings is 2. The number of nitrogens with one attached hydrogen (secondary N) is 1. The van der Waals surface area contributed by atoms with Crippen molar-refractivity contribution in [1.82, 2.24) is 15.1 Å². The lowest BCUT2D eigenvalue weighted by molar-refractivity contribution is -0.0283. The van der Waals surface area contributed by atoms with Gasteiger partial charge in [0, 0.05) is 35.8 Å². The van der Waals surface area contributed by atoms with Crippen LogP contribution in [0.2, 0.25) is 5.02 Å². The highest BCUT2D eigenvalue weighted by atomic mass is 35.5. The van der Waals surface area contributed by atoms with Gasteiger partial charge in [-0.2, -0.15) is 5.10 Å². The Kier molecular flexibility index (Phi) is 5.81. The number of aromatic nitrogens is 2. The van der Waals surface area contributed by atoms with Crippen LogP contribution >= 0.6 is 11.6 Å². The minimum atomic E-state index is 0.128. The third-order valence-electron chi connectivity index (χ3n) is 4.98. The van der Waals surface area contributed by atoms with Gasteiger partial charge in [0.2, 0.25) is 0 Å². The summed E-state index contributed by atoms with van der Waals surface area (Å²) in [5.74, 6) is 1.44. The average molecular weight is 395 g/mol. The predicted molar refractivity (Wildman–Crippen MR) is 114 cm³/mol. The van der Waals surface area contributed by atoms with Crippen LogP contribution in [0.1, 0.15) is 25.5 Å². The molecule has 1 N–H and O–H groups in total. The van der Waals surface area contributed by atoms with E-state index < -0.39 is 0 Å². The number of ether oxygens (including phenoxy) is 1. The summed E-state index contributed by atoms with van der Waals surface area (Å²) >= 11 is 6.10. The Bertz CT molecular complexity index is 920. The molecule has 0 saturated carbocycles. The number of rotatable bonds is 5. The van der Waals surface area contributed by atoms with Crippen molar-refractivity contribution in [2.75, 3.05) is 26.2 Å². The van der Waals surface area contributed by atoms with Crippen LogP contribution < -0.4 is 0 Å². The van der Waals surface area contributed by atoms with Gasteiger partial charge in [0.25, 0.3) is 0 Å². The quantitative estimate of drug-likeness (QED) is 0.631. The molecule has 0 amide bonds. The molecule has 2 heterocycles. The van der Waals surface area contributed by atoms with Crippen LogP contribution in [0.25, 0.3) is 22.5 Å². The van der Waals surface area contributed by atoms with Crippen LogP contribution in [0.15, 0.2) is 54.6 Å². The molecule has 4 nitrogen and oxygen atoms in total. The zero-order chi connectivity index (χ0) is 19.5. The minimum Gasteiger partial charge on any atom is -0.371 e. The maximum absolute atomic E-state index is 6.10. The van der Waals surface area contributed by atoms with Gasteiger partial charge in [-0.1, -0.05) is 61.8 Å². The fraction of sp³-hybridized carbons (Fsp3) is 0.304. The van der Waals surface area contributed by atoms with Crippen molar-refractivity contribution in [3.63, 3.8) is 0 Å². The van der Waals surface area contributed by atoms with Crippen molar-refractivity contribution in [1.29, 1.82) is 0 Å². The van der Waals surface area contributed by atoms with Gasteiger partial charge in [0.15, 0.2) is 0 Å². The Morgan fingerprint density at radius 1 is 1.14 bits per heavy atom. The third-order valence-corrected chi connectivity index (χ3v) is 5.22. The molecule has 1 radical (unpaired) electrons. The van der Waals surface area contributed by atoms with Gasteiger partial charge in [-0.05, 0) is 29.7 Å². The molecule has 4 rings (SSSR count). The van der Waals surface area contributed by atoms with Gasteiger partial charge in [-0.25, -0.2) is 0 Å². The SMILES string of the molecule is C[C](C)CN1CCOC(c2ccc(-c3cc(-c4cccc(Cl)c4)[nH]n3)cc2)C1. The van der Waals surface area contributed by atoms with Crippen molar-refractivity contribution < 1.29 is 4.74 Å². The van der Waals surface area contributed by atoms with E-state index in [-0.39, 0.29) is 6.10 Å². The zero-order valence-corrected chi connectivity index (χ0v) is 17.0. The molecule has 1 unspecified atom stereocenters. The van der Waals surface area contributed by atoms with E-state index in [1.54, 1.807) is 0 Å². The lowest BCUT2D eigenvalue weighted by Crippen LogP contribution is -2.39. The Labute approximate surface area is 171 Å². The molecular weight excluding hydrogens is 370 g/mol. The van der Waals surface area contributed by atoms with Crippen LogP contribution in [0, 0.1) is 5.92 Å². The summed E-state index contributed by atoms with van der Waals surface area (Å²) in [4.78, 5) is 2.46. The van der Waals surface area contributed by atoms with Crippen LogP contribution in [0.5, 0.6) is 0 Å². The van der Waals surface area contributed by atoms with Crippen molar-refractivity contribution in [3.8, 4) is 22.5 Å². The average Bonchev–Trinajstić information content (AvgIpc) is 3.18. The second-order valence-electron chi connectivity index (χ2n) is 7.60. The lowest BCUT2D eigenvalue weighted by Gasteiger charge is -2.34. The lowest BCUT2D eigenvalue weighted by atomic mass is 10.0. The highest BCUT2D eigenvalue weighted by Gasteiger charge is 2.22. The second-order valence-corrected chi connectivity index (χ2v) is 8.04. The molecule has 28 heavy (non-hydrogen) atoms. The molecule has 5 heteroatoms. The summed E-state index contributed by atoms with van der Waals surface area (Å²) in [6.45, 7) is 8.12. The standard InChI is InChI=1S/C23H25ClN3O/c1-16(2)14-27-10-11-28-23(15-27)18-8-6-17(7-9-18)21-13-22(26-25-21)19-4-3-5-20(24)12-19/h3-9,12-13,23H,10-11,14-15H2,1-2H3,(H,25,26). The zero-order valence-electron chi connectivity index (χ0n) is 16.3. The Morgan fingerprint density at radius 2 is 1.96 bits per heavy atom. The van der Waals surface area contributed by atoms with Crippen LogP contribution in [-0.2, 0) is 4.74 Å². The largest absolute Gasteiger partial charge is 0.371 e. The van der Waals surface area contributed by atoms with E-state index in [1.165, 1.54) is 11.5 Å². The summed E-state index contributed by atoms with van der Waals surface area (Å²) in [6.07, 6.45) is 0.128. The molecule has 0 aliphatic carbocycles. The molecule has 3 aromatic rings. The molecule has 1 fully saturated rings. The Balaban J connectivity index is 1.48. The molecule has 2 aromatic carbocycles. The van der Waals surface area contributed by atoms with Crippen LogP contribution in [-0.4, -0.2) is 41.3 Å². The molecule has 0 spiro atoms. The highest BCUT2D eigenvalue weighted by Crippen LogP contribution is 2.28. The molecule has 1 saturated heterocycles. The number of halogens is 1. The van der Waals surface area contributed by atoms with Gasteiger partial charge in [0.05, 0.1) is 24.1 Å². The van der Waals surface area contributed by atoms with Crippen molar-refractivity contribution in [3.05, 3.63) is 71.1 Å². The second kappa shape index (κ2) is 8.48. The van der Waals surface area contributed by atoms with E-state index >= 15 is 0 Å². The number of morpholine rings is 1.